The molecule has 1 aromatic heterocycles. The highest BCUT2D eigenvalue weighted by Crippen LogP contribution is 2.23. The molecule has 1 aromatic rings. The molecule has 0 aliphatic carbocycles. The average molecular weight is 261 g/mol. The smallest absolute Gasteiger partial charge is 0.167 e. The standard InChI is InChI=1S/C14H19N3O2/c15-14-10(3-1-5-16-14)7-12(18)13-8-17-6-2-4-11(17)9-19-13/h1,3,5,11,13H,2,4,6-9H2,(H2,15,16). The summed E-state index contributed by atoms with van der Waals surface area (Å²) in [6, 6.07) is 4.17. The number of rotatable bonds is 3. The molecule has 19 heavy (non-hydrogen) atoms. The Morgan fingerprint density at radius 2 is 2.47 bits per heavy atom. The zero-order valence-electron chi connectivity index (χ0n) is 10.9. The Balaban J connectivity index is 1.63. The van der Waals surface area contributed by atoms with Crippen LogP contribution in [0.25, 0.3) is 0 Å². The minimum Gasteiger partial charge on any atom is -0.383 e. The van der Waals surface area contributed by atoms with Crippen molar-refractivity contribution in [2.75, 3.05) is 25.4 Å². The van der Waals surface area contributed by atoms with Gasteiger partial charge in [0.25, 0.3) is 0 Å². The van der Waals surface area contributed by atoms with Crippen LogP contribution in [0, 0.1) is 0 Å². The highest BCUT2D eigenvalue weighted by atomic mass is 16.5. The van der Waals surface area contributed by atoms with E-state index >= 15 is 0 Å². The first-order chi connectivity index (χ1) is 9.24. The van der Waals surface area contributed by atoms with Crippen molar-refractivity contribution in [1.82, 2.24) is 9.88 Å². The lowest BCUT2D eigenvalue weighted by Crippen LogP contribution is -2.49. The summed E-state index contributed by atoms with van der Waals surface area (Å²) in [7, 11) is 0. The monoisotopic (exact) mass is 261 g/mol. The molecule has 0 bridgehead atoms. The van der Waals surface area contributed by atoms with Gasteiger partial charge in [0.05, 0.1) is 6.61 Å². The molecule has 2 aliphatic heterocycles. The molecule has 102 valence electrons. The molecule has 2 N–H and O–H groups in total. The topological polar surface area (TPSA) is 68.5 Å². The van der Waals surface area contributed by atoms with Gasteiger partial charge in [0, 0.05) is 30.8 Å². The summed E-state index contributed by atoms with van der Waals surface area (Å²) in [4.78, 5) is 18.7. The van der Waals surface area contributed by atoms with Crippen LogP contribution in [0.2, 0.25) is 0 Å². The summed E-state index contributed by atoms with van der Waals surface area (Å²) < 4.78 is 5.71. The molecule has 2 unspecified atom stereocenters. The molecule has 0 radical (unpaired) electrons. The van der Waals surface area contributed by atoms with Gasteiger partial charge >= 0.3 is 0 Å². The minimum atomic E-state index is -0.311. The lowest BCUT2D eigenvalue weighted by atomic mass is 10.0. The lowest BCUT2D eigenvalue weighted by Gasteiger charge is -2.34. The second-order valence-corrected chi connectivity index (χ2v) is 5.30. The van der Waals surface area contributed by atoms with Gasteiger partial charge in [-0.1, -0.05) is 6.07 Å². The van der Waals surface area contributed by atoms with Crippen LogP contribution >= 0.6 is 0 Å². The summed E-state index contributed by atoms with van der Waals surface area (Å²) in [6.07, 6.45) is 4.04. The van der Waals surface area contributed by atoms with Crippen LogP contribution in [0.3, 0.4) is 0 Å². The van der Waals surface area contributed by atoms with Crippen molar-refractivity contribution in [3.05, 3.63) is 23.9 Å². The number of nitrogen functional groups attached to an aromatic ring is 1. The summed E-state index contributed by atoms with van der Waals surface area (Å²) in [5.41, 5.74) is 6.56. The number of anilines is 1. The summed E-state index contributed by atoms with van der Waals surface area (Å²) >= 11 is 0. The third-order valence-electron chi connectivity index (χ3n) is 4.04. The van der Waals surface area contributed by atoms with E-state index in [4.69, 9.17) is 10.5 Å². The molecule has 5 heteroatoms. The largest absolute Gasteiger partial charge is 0.383 e. The maximum absolute atomic E-state index is 12.3. The maximum atomic E-state index is 12.3. The van der Waals surface area contributed by atoms with Gasteiger partial charge in [-0.15, -0.1) is 0 Å². The van der Waals surface area contributed by atoms with E-state index in [1.807, 2.05) is 6.07 Å². The maximum Gasteiger partial charge on any atom is 0.167 e. The van der Waals surface area contributed by atoms with E-state index in [9.17, 15) is 4.79 Å². The van der Waals surface area contributed by atoms with E-state index in [1.165, 1.54) is 12.8 Å². The number of ether oxygens (including phenoxy) is 1. The molecule has 0 amide bonds. The minimum absolute atomic E-state index is 0.102. The van der Waals surface area contributed by atoms with E-state index in [-0.39, 0.29) is 11.9 Å². The number of nitrogens with zero attached hydrogens (tertiary/aromatic N) is 2. The van der Waals surface area contributed by atoms with Crippen molar-refractivity contribution < 1.29 is 9.53 Å². The number of pyridine rings is 1. The molecule has 5 nitrogen and oxygen atoms in total. The third-order valence-corrected chi connectivity index (χ3v) is 4.04. The SMILES string of the molecule is Nc1ncccc1CC(=O)C1CN2CCCC2CO1. The molecule has 0 spiro atoms. The van der Waals surface area contributed by atoms with Crippen LogP contribution in [0.5, 0.6) is 0 Å². The van der Waals surface area contributed by atoms with Crippen molar-refractivity contribution >= 4 is 11.6 Å². The lowest BCUT2D eigenvalue weighted by molar-refractivity contribution is -0.137. The second kappa shape index (κ2) is 5.27. The molecule has 2 atom stereocenters. The molecular formula is C14H19N3O2. The summed E-state index contributed by atoms with van der Waals surface area (Å²) in [5.74, 6) is 0.538. The number of fused-ring (bicyclic) bond motifs is 1. The highest BCUT2D eigenvalue weighted by Gasteiger charge is 2.35. The zero-order valence-corrected chi connectivity index (χ0v) is 10.9. The number of nitrogens with two attached hydrogens (primary N) is 1. The van der Waals surface area contributed by atoms with E-state index in [0.29, 0.717) is 24.9 Å². The van der Waals surface area contributed by atoms with E-state index in [2.05, 4.69) is 9.88 Å². The predicted octanol–water partition coefficient (Wildman–Crippen LogP) is 0.639. The number of hydrogen-bond acceptors (Lipinski definition) is 5. The summed E-state index contributed by atoms with van der Waals surface area (Å²) in [5, 5.41) is 0. The molecule has 2 fully saturated rings. The zero-order chi connectivity index (χ0) is 13.2. The quantitative estimate of drug-likeness (QED) is 0.864. The molecule has 3 heterocycles. The third kappa shape index (κ3) is 2.62. The average Bonchev–Trinajstić information content (AvgIpc) is 2.88. The number of Topliss-reactive ketones (excluding diaryl/α,β-unsaturated/α-hetero) is 1. The molecule has 2 aliphatic rings. The summed E-state index contributed by atoms with van der Waals surface area (Å²) in [6.45, 7) is 2.50. The number of hydrogen-bond donors (Lipinski definition) is 1. The van der Waals surface area contributed by atoms with Gasteiger partial charge in [-0.2, -0.15) is 0 Å². The van der Waals surface area contributed by atoms with Crippen molar-refractivity contribution in [3.63, 3.8) is 0 Å². The highest BCUT2D eigenvalue weighted by molar-refractivity contribution is 5.86. The van der Waals surface area contributed by atoms with Crippen molar-refractivity contribution in [2.45, 2.75) is 31.4 Å². The van der Waals surface area contributed by atoms with Crippen LogP contribution in [0.1, 0.15) is 18.4 Å². The van der Waals surface area contributed by atoms with Gasteiger partial charge in [-0.05, 0) is 25.5 Å². The Morgan fingerprint density at radius 1 is 1.58 bits per heavy atom. The van der Waals surface area contributed by atoms with E-state index < -0.39 is 0 Å². The fourth-order valence-corrected chi connectivity index (χ4v) is 2.91. The second-order valence-electron chi connectivity index (χ2n) is 5.30. The fraction of sp³-hybridized carbons (Fsp3) is 0.571. The Hall–Kier alpha value is -1.46. The van der Waals surface area contributed by atoms with E-state index in [1.54, 1.807) is 12.3 Å². The Kier molecular flexibility index (Phi) is 3.48. The normalized spacial score (nSPS) is 27.2. The first-order valence-corrected chi connectivity index (χ1v) is 6.82. The number of aromatic nitrogens is 1. The van der Waals surface area contributed by atoms with E-state index in [0.717, 1.165) is 18.7 Å². The Bertz CT molecular complexity index is 478. The molecule has 3 rings (SSSR count). The van der Waals surface area contributed by atoms with Gasteiger partial charge in [-0.3, -0.25) is 9.69 Å². The van der Waals surface area contributed by atoms with Crippen LogP contribution in [-0.4, -0.2) is 47.5 Å². The first kappa shape index (κ1) is 12.6. The van der Waals surface area contributed by atoms with Gasteiger partial charge in [0.2, 0.25) is 0 Å². The van der Waals surface area contributed by atoms with Gasteiger partial charge in [-0.25, -0.2) is 4.98 Å². The van der Waals surface area contributed by atoms with Gasteiger partial charge in [0.15, 0.2) is 5.78 Å². The van der Waals surface area contributed by atoms with Gasteiger partial charge in [0.1, 0.15) is 11.9 Å². The number of morpholine rings is 1. The Morgan fingerprint density at radius 3 is 3.32 bits per heavy atom. The fourth-order valence-electron chi connectivity index (χ4n) is 2.91. The van der Waals surface area contributed by atoms with Crippen LogP contribution in [0.4, 0.5) is 5.82 Å². The number of carbonyl (C=O) groups is 1. The molecule has 2 saturated heterocycles. The first-order valence-electron chi connectivity index (χ1n) is 6.82. The van der Waals surface area contributed by atoms with Crippen molar-refractivity contribution in [1.29, 1.82) is 0 Å². The van der Waals surface area contributed by atoms with Gasteiger partial charge < -0.3 is 10.5 Å². The van der Waals surface area contributed by atoms with Crippen molar-refractivity contribution in [2.24, 2.45) is 0 Å². The molecule has 0 saturated carbocycles. The van der Waals surface area contributed by atoms with Crippen LogP contribution < -0.4 is 5.73 Å². The Labute approximate surface area is 112 Å². The predicted molar refractivity (Wildman–Crippen MR) is 71.7 cm³/mol. The van der Waals surface area contributed by atoms with Crippen LogP contribution in [0.15, 0.2) is 18.3 Å². The van der Waals surface area contributed by atoms with Crippen LogP contribution in [-0.2, 0) is 16.0 Å². The van der Waals surface area contributed by atoms with Crippen molar-refractivity contribution in [3.8, 4) is 0 Å². The molecule has 0 aromatic carbocycles. The molecular weight excluding hydrogens is 242 g/mol. The number of carbonyl (C=O) groups excluding carboxylic acids is 1. The number of ketones is 1.